The van der Waals surface area contributed by atoms with Crippen molar-refractivity contribution in [2.45, 2.75) is 19.4 Å². The van der Waals surface area contributed by atoms with E-state index in [1.165, 1.54) is 7.11 Å². The highest BCUT2D eigenvalue weighted by molar-refractivity contribution is 5.94. The molecule has 3 rings (SSSR count). The van der Waals surface area contributed by atoms with Crippen LogP contribution in [-0.2, 0) is 6.54 Å². The number of benzene rings is 1. The van der Waals surface area contributed by atoms with E-state index in [0.29, 0.717) is 19.0 Å². The number of amides is 1. The second kappa shape index (κ2) is 6.37. The van der Waals surface area contributed by atoms with Crippen LogP contribution < -0.4 is 10.1 Å². The summed E-state index contributed by atoms with van der Waals surface area (Å²) in [5.74, 6) is 0.00100. The van der Waals surface area contributed by atoms with E-state index in [1.807, 2.05) is 30.3 Å². The van der Waals surface area contributed by atoms with Gasteiger partial charge in [-0.05, 0) is 18.4 Å². The lowest BCUT2D eigenvalue weighted by Gasteiger charge is -2.12. The third-order valence-corrected chi connectivity index (χ3v) is 4.19. The fourth-order valence-electron chi connectivity index (χ4n) is 2.43. The predicted octanol–water partition coefficient (Wildman–Crippen LogP) is 0.837. The lowest BCUT2D eigenvalue weighted by molar-refractivity contribution is 0.0926. The van der Waals surface area contributed by atoms with Crippen LogP contribution in [0.25, 0.3) is 0 Å². The Hall–Kier alpha value is -2.41. The minimum atomic E-state index is -0.333. The average molecular weight is 316 g/mol. The molecule has 122 valence electrons. The molecule has 1 aromatic heterocycles. The van der Waals surface area contributed by atoms with Crippen molar-refractivity contribution < 1.29 is 14.6 Å². The maximum atomic E-state index is 12.3. The number of carbonyl (C=O) groups is 1. The number of hydrogen-bond acceptors (Lipinski definition) is 5. The van der Waals surface area contributed by atoms with Gasteiger partial charge in [-0.3, -0.25) is 4.79 Å². The van der Waals surface area contributed by atoms with Crippen LogP contribution >= 0.6 is 0 Å². The van der Waals surface area contributed by atoms with E-state index in [-0.39, 0.29) is 23.6 Å². The van der Waals surface area contributed by atoms with Gasteiger partial charge in [0.05, 0.1) is 20.3 Å². The highest BCUT2D eigenvalue weighted by Gasteiger charge is 2.42. The molecule has 1 aliphatic carbocycles. The Morgan fingerprint density at radius 1 is 1.39 bits per heavy atom. The quantitative estimate of drug-likeness (QED) is 0.790. The minimum absolute atomic E-state index is 0.0884. The van der Waals surface area contributed by atoms with Crippen LogP contribution in [0.15, 0.2) is 30.3 Å². The molecule has 2 N–H and O–H groups in total. The Morgan fingerprint density at radius 2 is 2.13 bits per heavy atom. The van der Waals surface area contributed by atoms with Crippen LogP contribution in [0.4, 0.5) is 0 Å². The first-order valence-electron chi connectivity index (χ1n) is 7.58. The van der Waals surface area contributed by atoms with E-state index < -0.39 is 0 Å². The minimum Gasteiger partial charge on any atom is -0.479 e. The van der Waals surface area contributed by atoms with Crippen molar-refractivity contribution in [1.82, 2.24) is 20.3 Å². The number of hydrogen-bond donors (Lipinski definition) is 2. The molecule has 2 aromatic rings. The van der Waals surface area contributed by atoms with Gasteiger partial charge in [0.25, 0.3) is 5.91 Å². The third-order valence-electron chi connectivity index (χ3n) is 4.19. The fourth-order valence-corrected chi connectivity index (χ4v) is 2.43. The van der Waals surface area contributed by atoms with Crippen LogP contribution in [0.1, 0.15) is 28.9 Å². The van der Waals surface area contributed by atoms with Crippen molar-refractivity contribution in [2.24, 2.45) is 5.41 Å². The van der Waals surface area contributed by atoms with Gasteiger partial charge in [0, 0.05) is 12.0 Å². The lowest BCUT2D eigenvalue weighted by Crippen LogP contribution is -2.32. The molecular weight excluding hydrogens is 296 g/mol. The number of methoxy groups -OCH3 is 1. The number of aliphatic hydroxyl groups excluding tert-OH is 1. The van der Waals surface area contributed by atoms with Gasteiger partial charge in [0.15, 0.2) is 0 Å². The molecule has 7 heteroatoms. The molecule has 1 aromatic carbocycles. The molecule has 1 saturated carbocycles. The van der Waals surface area contributed by atoms with Crippen LogP contribution in [0.3, 0.4) is 0 Å². The van der Waals surface area contributed by atoms with Gasteiger partial charge >= 0.3 is 0 Å². The summed E-state index contributed by atoms with van der Waals surface area (Å²) in [4.78, 5) is 12.3. The molecule has 23 heavy (non-hydrogen) atoms. The molecule has 1 amide bonds. The lowest BCUT2D eigenvalue weighted by atomic mass is 10.1. The normalized spacial score (nSPS) is 15.2. The molecule has 0 unspecified atom stereocenters. The van der Waals surface area contributed by atoms with Crippen molar-refractivity contribution in [3.8, 4) is 5.88 Å². The van der Waals surface area contributed by atoms with Crippen LogP contribution in [0, 0.1) is 5.41 Å². The molecule has 0 atom stereocenters. The molecule has 0 bridgehead atoms. The van der Waals surface area contributed by atoms with Gasteiger partial charge in [0.1, 0.15) is 0 Å². The van der Waals surface area contributed by atoms with Gasteiger partial charge in [0.2, 0.25) is 11.6 Å². The summed E-state index contributed by atoms with van der Waals surface area (Å²) in [6.45, 7) is 1.01. The monoisotopic (exact) mass is 316 g/mol. The van der Waals surface area contributed by atoms with E-state index in [9.17, 15) is 9.90 Å². The van der Waals surface area contributed by atoms with Crippen molar-refractivity contribution in [3.05, 3.63) is 41.6 Å². The number of rotatable bonds is 7. The Kier molecular flexibility index (Phi) is 4.29. The zero-order valence-corrected chi connectivity index (χ0v) is 13.0. The number of nitrogens with zero attached hydrogens (tertiary/aromatic N) is 3. The Balaban J connectivity index is 1.71. The number of carbonyl (C=O) groups excluding carboxylic acids is 1. The summed E-state index contributed by atoms with van der Waals surface area (Å²) >= 11 is 0. The second-order valence-electron chi connectivity index (χ2n) is 5.93. The average Bonchev–Trinajstić information content (AvgIpc) is 3.27. The number of aliphatic hydroxyl groups is 1. The topological polar surface area (TPSA) is 89.3 Å². The first kappa shape index (κ1) is 15.5. The van der Waals surface area contributed by atoms with Crippen molar-refractivity contribution >= 4 is 5.91 Å². The summed E-state index contributed by atoms with van der Waals surface area (Å²) in [7, 11) is 1.49. The number of aromatic nitrogens is 3. The van der Waals surface area contributed by atoms with Crippen molar-refractivity contribution in [3.63, 3.8) is 0 Å². The Labute approximate surface area is 134 Å². The molecule has 0 spiro atoms. The largest absolute Gasteiger partial charge is 0.479 e. The molecule has 0 radical (unpaired) electrons. The summed E-state index contributed by atoms with van der Waals surface area (Å²) < 4.78 is 6.87. The molecule has 7 nitrogen and oxygen atoms in total. The van der Waals surface area contributed by atoms with E-state index in [4.69, 9.17) is 4.74 Å². The second-order valence-corrected chi connectivity index (χ2v) is 5.93. The van der Waals surface area contributed by atoms with Gasteiger partial charge in [-0.15, -0.1) is 5.10 Å². The molecular formula is C16H20N4O3. The van der Waals surface area contributed by atoms with E-state index in [0.717, 1.165) is 18.4 Å². The summed E-state index contributed by atoms with van der Waals surface area (Å²) in [6, 6.07) is 9.76. The maximum Gasteiger partial charge on any atom is 0.277 e. The van der Waals surface area contributed by atoms with Gasteiger partial charge in [-0.1, -0.05) is 35.5 Å². The number of nitrogens with one attached hydrogen (secondary N) is 1. The van der Waals surface area contributed by atoms with Gasteiger partial charge in [-0.2, -0.15) is 0 Å². The summed E-state index contributed by atoms with van der Waals surface area (Å²) in [5, 5.41) is 20.1. The first-order valence-corrected chi connectivity index (χ1v) is 7.58. The van der Waals surface area contributed by atoms with Crippen LogP contribution in [0.5, 0.6) is 5.88 Å². The fraction of sp³-hybridized carbons (Fsp3) is 0.438. The molecule has 1 heterocycles. The van der Waals surface area contributed by atoms with Crippen molar-refractivity contribution in [2.75, 3.05) is 20.3 Å². The van der Waals surface area contributed by atoms with E-state index >= 15 is 0 Å². The molecule has 0 saturated heterocycles. The SMILES string of the molecule is COc1c(C(=O)NCC2(CO)CC2)nnn1Cc1ccccc1. The summed E-state index contributed by atoms with van der Waals surface area (Å²) in [5.41, 5.74) is 1.06. The van der Waals surface area contributed by atoms with Crippen molar-refractivity contribution in [1.29, 1.82) is 0 Å². The first-order chi connectivity index (χ1) is 11.2. The predicted molar refractivity (Wildman–Crippen MR) is 83.2 cm³/mol. The molecule has 0 aliphatic heterocycles. The molecule has 1 fully saturated rings. The standard InChI is InChI=1S/C16H20N4O3/c1-23-15-13(14(22)17-10-16(11-21)7-8-16)18-19-20(15)9-12-5-3-2-4-6-12/h2-6,21H,7-11H2,1H3,(H,17,22). The molecule has 1 aliphatic rings. The Morgan fingerprint density at radius 3 is 2.74 bits per heavy atom. The zero-order chi connectivity index (χ0) is 16.3. The van der Waals surface area contributed by atoms with E-state index in [2.05, 4.69) is 15.6 Å². The van der Waals surface area contributed by atoms with Gasteiger partial charge < -0.3 is 15.2 Å². The number of ether oxygens (including phenoxy) is 1. The van der Waals surface area contributed by atoms with Crippen LogP contribution in [0.2, 0.25) is 0 Å². The third kappa shape index (κ3) is 3.34. The van der Waals surface area contributed by atoms with Gasteiger partial charge in [-0.25, -0.2) is 4.68 Å². The summed E-state index contributed by atoms with van der Waals surface area (Å²) in [6.07, 6.45) is 1.86. The van der Waals surface area contributed by atoms with E-state index in [1.54, 1.807) is 4.68 Å². The zero-order valence-electron chi connectivity index (χ0n) is 13.0. The Bertz CT molecular complexity index is 680. The van der Waals surface area contributed by atoms with Crippen LogP contribution in [-0.4, -0.2) is 46.3 Å². The highest BCUT2D eigenvalue weighted by Crippen LogP contribution is 2.44. The smallest absolute Gasteiger partial charge is 0.277 e. The maximum absolute atomic E-state index is 12.3. The highest BCUT2D eigenvalue weighted by atomic mass is 16.5.